The van der Waals surface area contributed by atoms with Crippen LogP contribution in [0.1, 0.15) is 31.4 Å². The molecule has 0 radical (unpaired) electrons. The molecule has 0 unspecified atom stereocenters. The Balaban J connectivity index is 1.95. The van der Waals surface area contributed by atoms with Crippen LogP contribution < -0.4 is 10.5 Å². The van der Waals surface area contributed by atoms with E-state index in [1.54, 1.807) is 0 Å². The number of hydrogen-bond donors (Lipinski definition) is 1. The molecule has 1 aromatic carbocycles. The molecule has 98 valence electrons. The molecule has 4 heteroatoms. The average Bonchev–Trinajstić information content (AvgIpc) is 2.90. The number of benzene rings is 1. The molecule has 0 saturated carbocycles. The van der Waals surface area contributed by atoms with Gasteiger partial charge in [0.1, 0.15) is 5.75 Å². The van der Waals surface area contributed by atoms with Crippen LogP contribution in [0.4, 0.5) is 0 Å². The lowest BCUT2D eigenvalue weighted by atomic mass is 10.1. The molecule has 1 saturated heterocycles. The van der Waals surface area contributed by atoms with Crippen molar-refractivity contribution in [2.75, 3.05) is 19.7 Å². The van der Waals surface area contributed by atoms with Crippen molar-refractivity contribution in [3.8, 4) is 5.75 Å². The van der Waals surface area contributed by atoms with Gasteiger partial charge in [-0.2, -0.15) is 0 Å². The largest absolute Gasteiger partial charge is 0.483 e. The highest BCUT2D eigenvalue weighted by molar-refractivity contribution is 5.78. The van der Waals surface area contributed by atoms with E-state index >= 15 is 0 Å². The molecule has 2 rings (SSSR count). The number of ether oxygens (including phenoxy) is 1. The SMILES string of the molecule is C[C@H](N)c1ccccc1OCC(=O)N1CCCC1. The van der Waals surface area contributed by atoms with Gasteiger partial charge in [0.25, 0.3) is 5.91 Å². The zero-order chi connectivity index (χ0) is 13.0. The van der Waals surface area contributed by atoms with Gasteiger partial charge in [-0.05, 0) is 25.8 Å². The lowest BCUT2D eigenvalue weighted by molar-refractivity contribution is -0.132. The zero-order valence-electron chi connectivity index (χ0n) is 10.8. The summed E-state index contributed by atoms with van der Waals surface area (Å²) in [6, 6.07) is 7.51. The molecule has 0 aromatic heterocycles. The van der Waals surface area contributed by atoms with Crippen molar-refractivity contribution in [3.05, 3.63) is 29.8 Å². The monoisotopic (exact) mass is 248 g/mol. The van der Waals surface area contributed by atoms with Gasteiger partial charge in [-0.1, -0.05) is 18.2 Å². The first-order valence-corrected chi connectivity index (χ1v) is 6.43. The van der Waals surface area contributed by atoms with E-state index in [1.165, 1.54) is 0 Å². The summed E-state index contributed by atoms with van der Waals surface area (Å²) < 4.78 is 5.60. The third kappa shape index (κ3) is 3.01. The maximum atomic E-state index is 11.9. The fourth-order valence-corrected chi connectivity index (χ4v) is 2.19. The predicted molar refractivity (Wildman–Crippen MR) is 70.4 cm³/mol. The van der Waals surface area contributed by atoms with Gasteiger partial charge >= 0.3 is 0 Å². The number of rotatable bonds is 4. The van der Waals surface area contributed by atoms with Crippen molar-refractivity contribution in [1.82, 2.24) is 4.90 Å². The Bertz CT molecular complexity index is 412. The molecule has 4 nitrogen and oxygen atoms in total. The molecule has 0 aliphatic carbocycles. The number of likely N-dealkylation sites (tertiary alicyclic amines) is 1. The van der Waals surface area contributed by atoms with Gasteiger partial charge in [-0.15, -0.1) is 0 Å². The quantitative estimate of drug-likeness (QED) is 0.882. The van der Waals surface area contributed by atoms with Crippen LogP contribution in [-0.2, 0) is 4.79 Å². The molecule has 1 heterocycles. The molecule has 1 atom stereocenters. The van der Waals surface area contributed by atoms with E-state index < -0.39 is 0 Å². The van der Waals surface area contributed by atoms with Crippen LogP contribution in [0, 0.1) is 0 Å². The van der Waals surface area contributed by atoms with Gasteiger partial charge in [0.15, 0.2) is 6.61 Å². The maximum absolute atomic E-state index is 11.9. The molecule has 0 spiro atoms. The van der Waals surface area contributed by atoms with Crippen LogP contribution in [0.5, 0.6) is 5.75 Å². The molecule has 1 aliphatic heterocycles. The standard InChI is InChI=1S/C14H20N2O2/c1-11(15)12-6-2-3-7-13(12)18-10-14(17)16-8-4-5-9-16/h2-3,6-7,11H,4-5,8-10,15H2,1H3/t11-/m0/s1. The van der Waals surface area contributed by atoms with Crippen LogP contribution >= 0.6 is 0 Å². The Hall–Kier alpha value is -1.55. The van der Waals surface area contributed by atoms with E-state index in [-0.39, 0.29) is 18.6 Å². The van der Waals surface area contributed by atoms with Gasteiger partial charge in [-0.25, -0.2) is 0 Å². The van der Waals surface area contributed by atoms with Crippen molar-refractivity contribution in [2.45, 2.75) is 25.8 Å². The van der Waals surface area contributed by atoms with Gasteiger partial charge in [0.2, 0.25) is 0 Å². The summed E-state index contributed by atoms with van der Waals surface area (Å²) in [6.45, 7) is 3.72. The lowest BCUT2D eigenvalue weighted by Crippen LogP contribution is -2.32. The fraction of sp³-hybridized carbons (Fsp3) is 0.500. The molecule has 1 aliphatic rings. The van der Waals surface area contributed by atoms with E-state index in [0.717, 1.165) is 31.5 Å². The van der Waals surface area contributed by atoms with Crippen LogP contribution in [0.2, 0.25) is 0 Å². The summed E-state index contributed by atoms with van der Waals surface area (Å²) in [4.78, 5) is 13.7. The second-order valence-corrected chi connectivity index (χ2v) is 4.70. The first kappa shape index (κ1) is 12.9. The summed E-state index contributed by atoms with van der Waals surface area (Å²) in [5.74, 6) is 0.770. The van der Waals surface area contributed by atoms with Gasteiger partial charge in [0.05, 0.1) is 0 Å². The van der Waals surface area contributed by atoms with Crippen LogP contribution in [0.15, 0.2) is 24.3 Å². The number of carbonyl (C=O) groups excluding carboxylic acids is 1. The van der Waals surface area contributed by atoms with Crippen molar-refractivity contribution >= 4 is 5.91 Å². The minimum atomic E-state index is -0.0944. The summed E-state index contributed by atoms with van der Waals surface area (Å²) in [6.07, 6.45) is 2.20. The number of hydrogen-bond acceptors (Lipinski definition) is 3. The number of nitrogens with two attached hydrogens (primary N) is 1. The van der Waals surface area contributed by atoms with Gasteiger partial charge < -0.3 is 15.4 Å². The van der Waals surface area contributed by atoms with Crippen LogP contribution in [0.3, 0.4) is 0 Å². The Morgan fingerprint density at radius 1 is 1.39 bits per heavy atom. The highest BCUT2D eigenvalue weighted by atomic mass is 16.5. The highest BCUT2D eigenvalue weighted by Crippen LogP contribution is 2.23. The molecule has 0 bridgehead atoms. The molecule has 1 aromatic rings. The van der Waals surface area contributed by atoms with Crippen molar-refractivity contribution in [2.24, 2.45) is 5.73 Å². The number of para-hydroxylation sites is 1. The highest BCUT2D eigenvalue weighted by Gasteiger charge is 2.18. The first-order chi connectivity index (χ1) is 8.68. The molecular weight excluding hydrogens is 228 g/mol. The number of nitrogens with zero attached hydrogens (tertiary/aromatic N) is 1. The second kappa shape index (κ2) is 5.87. The summed E-state index contributed by atoms with van der Waals surface area (Å²) in [5, 5.41) is 0. The molecular formula is C14H20N2O2. The topological polar surface area (TPSA) is 55.6 Å². The minimum absolute atomic E-state index is 0.0620. The molecule has 18 heavy (non-hydrogen) atoms. The van der Waals surface area contributed by atoms with Gasteiger partial charge in [0, 0.05) is 24.7 Å². The third-order valence-electron chi connectivity index (χ3n) is 3.22. The van der Waals surface area contributed by atoms with Crippen molar-refractivity contribution < 1.29 is 9.53 Å². The smallest absolute Gasteiger partial charge is 0.260 e. The average molecular weight is 248 g/mol. The lowest BCUT2D eigenvalue weighted by Gasteiger charge is -2.17. The molecule has 2 N–H and O–H groups in total. The Kier molecular flexibility index (Phi) is 4.20. The summed E-state index contributed by atoms with van der Waals surface area (Å²) >= 11 is 0. The fourth-order valence-electron chi connectivity index (χ4n) is 2.19. The van der Waals surface area contributed by atoms with E-state index in [0.29, 0.717) is 5.75 Å². The van der Waals surface area contributed by atoms with Gasteiger partial charge in [-0.3, -0.25) is 4.79 Å². The Morgan fingerprint density at radius 2 is 2.06 bits per heavy atom. The van der Waals surface area contributed by atoms with E-state index in [9.17, 15) is 4.79 Å². The molecule has 1 fully saturated rings. The van der Waals surface area contributed by atoms with Crippen LogP contribution in [-0.4, -0.2) is 30.5 Å². The molecule has 1 amide bonds. The third-order valence-corrected chi connectivity index (χ3v) is 3.22. The van der Waals surface area contributed by atoms with E-state index in [2.05, 4.69) is 0 Å². The summed E-state index contributed by atoms with van der Waals surface area (Å²) in [7, 11) is 0. The Labute approximate surface area is 108 Å². The zero-order valence-corrected chi connectivity index (χ0v) is 10.8. The van der Waals surface area contributed by atoms with E-state index in [1.807, 2.05) is 36.1 Å². The van der Waals surface area contributed by atoms with Crippen LogP contribution in [0.25, 0.3) is 0 Å². The minimum Gasteiger partial charge on any atom is -0.483 e. The number of amides is 1. The van der Waals surface area contributed by atoms with Crippen molar-refractivity contribution in [1.29, 1.82) is 0 Å². The maximum Gasteiger partial charge on any atom is 0.260 e. The van der Waals surface area contributed by atoms with Crippen molar-refractivity contribution in [3.63, 3.8) is 0 Å². The Morgan fingerprint density at radius 3 is 2.72 bits per heavy atom. The number of carbonyl (C=O) groups is 1. The first-order valence-electron chi connectivity index (χ1n) is 6.43. The second-order valence-electron chi connectivity index (χ2n) is 4.70. The predicted octanol–water partition coefficient (Wildman–Crippen LogP) is 1.71. The normalized spacial score (nSPS) is 16.7. The van der Waals surface area contributed by atoms with E-state index in [4.69, 9.17) is 10.5 Å². The summed E-state index contributed by atoms with van der Waals surface area (Å²) in [5.41, 5.74) is 6.80.